The summed E-state index contributed by atoms with van der Waals surface area (Å²) >= 11 is 0. The lowest BCUT2D eigenvalue weighted by Gasteiger charge is -2.29. The first-order chi connectivity index (χ1) is 10.9. The Morgan fingerprint density at radius 3 is 2.13 bits per heavy atom. The fourth-order valence-corrected chi connectivity index (χ4v) is 2.08. The van der Waals surface area contributed by atoms with E-state index in [0.29, 0.717) is 25.5 Å². The molecule has 7 heteroatoms. The van der Waals surface area contributed by atoms with Crippen molar-refractivity contribution in [3.05, 3.63) is 35.4 Å². The first-order valence-corrected chi connectivity index (χ1v) is 7.47. The third-order valence-corrected chi connectivity index (χ3v) is 4.03. The Balaban J connectivity index is 2.51. The van der Waals surface area contributed by atoms with E-state index in [9.17, 15) is 23.5 Å². The highest BCUT2D eigenvalue weighted by Crippen LogP contribution is 2.24. The number of carbonyl (C=O) groups excluding carboxylic acids is 2. The molecule has 0 aliphatic rings. The van der Waals surface area contributed by atoms with Gasteiger partial charge in [0, 0.05) is 23.6 Å². The summed E-state index contributed by atoms with van der Waals surface area (Å²) in [7, 11) is 0. The summed E-state index contributed by atoms with van der Waals surface area (Å²) in [6, 6.07) is 2.44. The first kappa shape index (κ1) is 19.0. The van der Waals surface area contributed by atoms with Gasteiger partial charge in [0.15, 0.2) is 0 Å². The predicted octanol–water partition coefficient (Wildman–Crippen LogP) is 1.61. The standard InChI is InChI=1S/C16H22F2N2O3/c1-3-16(4-2,10-21)9-20-14(22)8-19-15(23)11-5-12(17)7-13(18)6-11/h5-7,21H,3-4,8-10H2,1-2H3,(H,19,23)(H,20,22). The van der Waals surface area contributed by atoms with Crippen LogP contribution in [0.15, 0.2) is 18.2 Å². The molecule has 1 aromatic carbocycles. The second-order valence-corrected chi connectivity index (χ2v) is 5.48. The minimum Gasteiger partial charge on any atom is -0.396 e. The van der Waals surface area contributed by atoms with Gasteiger partial charge in [-0.1, -0.05) is 13.8 Å². The van der Waals surface area contributed by atoms with E-state index in [-0.39, 0.29) is 24.1 Å². The molecule has 0 aliphatic heterocycles. The highest BCUT2D eigenvalue weighted by Gasteiger charge is 2.25. The first-order valence-electron chi connectivity index (χ1n) is 7.47. The number of halogens is 2. The summed E-state index contributed by atoms with van der Waals surface area (Å²) in [5.41, 5.74) is -0.576. The molecule has 0 radical (unpaired) electrons. The van der Waals surface area contributed by atoms with E-state index in [1.165, 1.54) is 0 Å². The second kappa shape index (κ2) is 8.57. The summed E-state index contributed by atoms with van der Waals surface area (Å²) in [5.74, 6) is -2.90. The number of nitrogens with one attached hydrogen (secondary N) is 2. The van der Waals surface area contributed by atoms with Gasteiger partial charge in [0.05, 0.1) is 13.2 Å². The molecule has 0 saturated carbocycles. The lowest BCUT2D eigenvalue weighted by atomic mass is 9.83. The van der Waals surface area contributed by atoms with E-state index in [0.717, 1.165) is 12.1 Å². The van der Waals surface area contributed by atoms with Crippen LogP contribution in [-0.4, -0.2) is 36.6 Å². The molecule has 1 aromatic rings. The van der Waals surface area contributed by atoms with Crippen LogP contribution in [0.1, 0.15) is 37.0 Å². The zero-order valence-electron chi connectivity index (χ0n) is 13.3. The SMILES string of the molecule is CCC(CC)(CO)CNC(=O)CNC(=O)c1cc(F)cc(F)c1. The Labute approximate surface area is 134 Å². The number of carbonyl (C=O) groups is 2. The fourth-order valence-electron chi connectivity index (χ4n) is 2.08. The quantitative estimate of drug-likeness (QED) is 0.678. The summed E-state index contributed by atoms with van der Waals surface area (Å²) in [6.45, 7) is 3.78. The van der Waals surface area contributed by atoms with Gasteiger partial charge in [0.25, 0.3) is 5.91 Å². The maximum absolute atomic E-state index is 13.0. The van der Waals surface area contributed by atoms with Gasteiger partial charge in [-0.3, -0.25) is 9.59 Å². The molecule has 0 aromatic heterocycles. The average Bonchev–Trinajstić information content (AvgIpc) is 2.53. The summed E-state index contributed by atoms with van der Waals surface area (Å²) in [4.78, 5) is 23.5. The van der Waals surface area contributed by atoms with E-state index < -0.39 is 23.4 Å². The Hall–Kier alpha value is -2.02. The Morgan fingerprint density at radius 1 is 1.09 bits per heavy atom. The fraction of sp³-hybridized carbons (Fsp3) is 0.500. The van der Waals surface area contributed by atoms with E-state index >= 15 is 0 Å². The number of aliphatic hydroxyl groups excluding tert-OH is 1. The lowest BCUT2D eigenvalue weighted by Crippen LogP contribution is -2.43. The Kier molecular flexibility index (Phi) is 7.09. The average molecular weight is 328 g/mol. The molecule has 2 amide bonds. The third kappa shape index (κ3) is 5.59. The van der Waals surface area contributed by atoms with Crippen molar-refractivity contribution in [3.8, 4) is 0 Å². The van der Waals surface area contributed by atoms with Crippen LogP contribution in [0.5, 0.6) is 0 Å². The van der Waals surface area contributed by atoms with E-state index in [1.807, 2.05) is 13.8 Å². The number of benzene rings is 1. The van der Waals surface area contributed by atoms with Crippen molar-refractivity contribution in [2.24, 2.45) is 5.41 Å². The number of aliphatic hydroxyl groups is 1. The summed E-state index contributed by atoms with van der Waals surface area (Å²) in [6.07, 6.45) is 1.41. The Bertz CT molecular complexity index is 532. The van der Waals surface area contributed by atoms with Gasteiger partial charge in [0.2, 0.25) is 5.91 Å². The highest BCUT2D eigenvalue weighted by atomic mass is 19.1. The zero-order chi connectivity index (χ0) is 17.5. The van der Waals surface area contributed by atoms with Gasteiger partial charge in [0.1, 0.15) is 11.6 Å². The van der Waals surface area contributed by atoms with Crippen LogP contribution in [0.4, 0.5) is 8.78 Å². The van der Waals surface area contributed by atoms with E-state index in [2.05, 4.69) is 10.6 Å². The topological polar surface area (TPSA) is 78.4 Å². The van der Waals surface area contributed by atoms with Crippen molar-refractivity contribution in [2.45, 2.75) is 26.7 Å². The second-order valence-electron chi connectivity index (χ2n) is 5.48. The molecule has 128 valence electrons. The molecular weight excluding hydrogens is 306 g/mol. The highest BCUT2D eigenvalue weighted by molar-refractivity contribution is 5.96. The molecule has 0 heterocycles. The van der Waals surface area contributed by atoms with Crippen molar-refractivity contribution >= 4 is 11.8 Å². The van der Waals surface area contributed by atoms with Crippen molar-refractivity contribution < 1.29 is 23.5 Å². The van der Waals surface area contributed by atoms with Crippen molar-refractivity contribution in [1.29, 1.82) is 0 Å². The predicted molar refractivity (Wildman–Crippen MR) is 81.8 cm³/mol. The largest absolute Gasteiger partial charge is 0.396 e. The number of hydrogen-bond donors (Lipinski definition) is 3. The number of rotatable bonds is 8. The molecule has 0 aliphatic carbocycles. The van der Waals surface area contributed by atoms with Crippen LogP contribution in [0.3, 0.4) is 0 Å². The van der Waals surface area contributed by atoms with Crippen molar-refractivity contribution in [3.63, 3.8) is 0 Å². The number of amides is 2. The maximum atomic E-state index is 13.0. The van der Waals surface area contributed by atoms with Crippen LogP contribution >= 0.6 is 0 Å². The molecule has 1 rings (SSSR count). The Morgan fingerprint density at radius 2 is 1.65 bits per heavy atom. The molecule has 0 bridgehead atoms. The minimum atomic E-state index is -0.863. The summed E-state index contributed by atoms with van der Waals surface area (Å²) < 4.78 is 26.1. The third-order valence-electron chi connectivity index (χ3n) is 4.03. The molecule has 0 unspecified atom stereocenters. The monoisotopic (exact) mass is 328 g/mol. The molecule has 0 atom stereocenters. The molecular formula is C16H22F2N2O3. The van der Waals surface area contributed by atoms with Crippen molar-refractivity contribution in [2.75, 3.05) is 19.7 Å². The van der Waals surface area contributed by atoms with Crippen LogP contribution in [0.25, 0.3) is 0 Å². The molecule has 0 spiro atoms. The minimum absolute atomic E-state index is 0.0464. The summed E-state index contributed by atoms with van der Waals surface area (Å²) in [5, 5.41) is 14.4. The molecule has 23 heavy (non-hydrogen) atoms. The van der Waals surface area contributed by atoms with Crippen LogP contribution in [0, 0.1) is 17.0 Å². The van der Waals surface area contributed by atoms with Gasteiger partial charge in [-0.15, -0.1) is 0 Å². The van der Waals surface area contributed by atoms with Gasteiger partial charge < -0.3 is 15.7 Å². The van der Waals surface area contributed by atoms with Crippen LogP contribution < -0.4 is 10.6 Å². The van der Waals surface area contributed by atoms with Crippen LogP contribution in [-0.2, 0) is 4.79 Å². The van der Waals surface area contributed by atoms with E-state index in [4.69, 9.17) is 0 Å². The van der Waals surface area contributed by atoms with Gasteiger partial charge >= 0.3 is 0 Å². The van der Waals surface area contributed by atoms with Gasteiger partial charge in [-0.2, -0.15) is 0 Å². The lowest BCUT2D eigenvalue weighted by molar-refractivity contribution is -0.120. The molecule has 0 saturated heterocycles. The maximum Gasteiger partial charge on any atom is 0.251 e. The van der Waals surface area contributed by atoms with Gasteiger partial charge in [-0.25, -0.2) is 8.78 Å². The molecule has 3 N–H and O–H groups in total. The van der Waals surface area contributed by atoms with E-state index in [1.54, 1.807) is 0 Å². The van der Waals surface area contributed by atoms with Crippen molar-refractivity contribution in [1.82, 2.24) is 10.6 Å². The number of hydrogen-bond acceptors (Lipinski definition) is 3. The normalized spacial score (nSPS) is 11.2. The smallest absolute Gasteiger partial charge is 0.251 e. The zero-order valence-corrected chi connectivity index (χ0v) is 13.3. The molecule has 5 nitrogen and oxygen atoms in total. The van der Waals surface area contributed by atoms with Gasteiger partial charge in [-0.05, 0) is 25.0 Å². The molecule has 0 fully saturated rings. The van der Waals surface area contributed by atoms with Crippen LogP contribution in [0.2, 0.25) is 0 Å².